The minimum absolute atomic E-state index is 0.0602. The number of halogens is 1. The number of hydrogen-bond acceptors (Lipinski definition) is 3. The van der Waals surface area contributed by atoms with E-state index in [1.807, 2.05) is 17.0 Å². The number of carboxylic acid groups (broad SMARTS) is 1. The predicted octanol–water partition coefficient (Wildman–Crippen LogP) is 5.62. The van der Waals surface area contributed by atoms with Crippen LogP contribution < -0.4 is 10.2 Å². The van der Waals surface area contributed by atoms with Crippen LogP contribution in [0.1, 0.15) is 74.8 Å². The van der Waals surface area contributed by atoms with Crippen LogP contribution in [-0.4, -0.2) is 47.0 Å². The van der Waals surface area contributed by atoms with Gasteiger partial charge < -0.3 is 15.3 Å². The van der Waals surface area contributed by atoms with Crippen molar-refractivity contribution in [3.05, 3.63) is 65.5 Å². The summed E-state index contributed by atoms with van der Waals surface area (Å²) in [7, 11) is 0. The van der Waals surface area contributed by atoms with E-state index >= 15 is 0 Å². The van der Waals surface area contributed by atoms with Crippen molar-refractivity contribution in [2.24, 2.45) is 11.3 Å². The molecule has 3 amide bonds. The van der Waals surface area contributed by atoms with Gasteiger partial charge in [0.1, 0.15) is 5.82 Å². The minimum atomic E-state index is -0.969. The topological polar surface area (TPSA) is 90.0 Å². The van der Waals surface area contributed by atoms with Crippen molar-refractivity contribution < 1.29 is 23.9 Å². The van der Waals surface area contributed by atoms with Crippen LogP contribution in [0.15, 0.2) is 48.5 Å². The van der Waals surface area contributed by atoms with E-state index in [2.05, 4.69) is 26.1 Å². The van der Waals surface area contributed by atoms with E-state index in [1.165, 1.54) is 12.1 Å². The van der Waals surface area contributed by atoms with Gasteiger partial charge in [-0.1, -0.05) is 32.9 Å². The number of anilines is 1. The van der Waals surface area contributed by atoms with E-state index in [1.54, 1.807) is 29.2 Å². The zero-order valence-corrected chi connectivity index (χ0v) is 21.7. The first-order chi connectivity index (χ1) is 17.5. The van der Waals surface area contributed by atoms with Crippen molar-refractivity contribution in [2.45, 2.75) is 65.0 Å². The fourth-order valence-corrected chi connectivity index (χ4v) is 5.59. The molecule has 2 aromatic rings. The number of amides is 3. The van der Waals surface area contributed by atoms with Crippen molar-refractivity contribution in [3.8, 4) is 0 Å². The average Bonchev–Trinajstić information content (AvgIpc) is 3.20. The molecule has 1 heterocycles. The van der Waals surface area contributed by atoms with E-state index in [9.17, 15) is 18.8 Å². The molecule has 1 aliphatic heterocycles. The molecule has 198 valence electrons. The fraction of sp³-hybridized carbons (Fsp3) is 0.483. The van der Waals surface area contributed by atoms with Crippen LogP contribution >= 0.6 is 0 Å². The summed E-state index contributed by atoms with van der Waals surface area (Å²) in [6.07, 6.45) is 3.87. The van der Waals surface area contributed by atoms with Crippen LogP contribution in [0.5, 0.6) is 0 Å². The Kier molecular flexibility index (Phi) is 7.85. The molecule has 1 aliphatic carbocycles. The van der Waals surface area contributed by atoms with Gasteiger partial charge in [0.25, 0.3) is 5.91 Å². The molecule has 0 radical (unpaired) electrons. The number of rotatable bonds is 7. The molecule has 0 aromatic heterocycles. The van der Waals surface area contributed by atoms with E-state index in [4.69, 9.17) is 5.11 Å². The Hall–Kier alpha value is -3.42. The first kappa shape index (κ1) is 26.6. The Morgan fingerprint density at radius 2 is 1.62 bits per heavy atom. The molecule has 1 saturated heterocycles. The van der Waals surface area contributed by atoms with E-state index < -0.39 is 5.97 Å². The smallest absolute Gasteiger partial charge is 0.325 e. The number of urea groups is 1. The molecule has 4 rings (SSSR count). The van der Waals surface area contributed by atoms with Gasteiger partial charge in [0, 0.05) is 23.8 Å². The largest absolute Gasteiger partial charge is 0.481 e. The summed E-state index contributed by atoms with van der Waals surface area (Å²) in [5.41, 5.74) is 2.27. The van der Waals surface area contributed by atoms with Gasteiger partial charge in [0.2, 0.25) is 0 Å². The third-order valence-electron chi connectivity index (χ3n) is 7.78. The van der Waals surface area contributed by atoms with Gasteiger partial charge in [-0.05, 0) is 79.0 Å². The van der Waals surface area contributed by atoms with Crippen molar-refractivity contribution in [1.29, 1.82) is 0 Å². The summed E-state index contributed by atoms with van der Waals surface area (Å²) >= 11 is 0. The number of nitrogens with zero attached hydrogens (tertiary/aromatic N) is 2. The fourth-order valence-electron chi connectivity index (χ4n) is 5.59. The maximum absolute atomic E-state index is 13.7. The second-order valence-electron chi connectivity index (χ2n) is 11.2. The molecule has 2 aliphatic rings. The third kappa shape index (κ3) is 6.12. The number of carbonyl (C=O) groups excluding carboxylic acids is 2. The lowest BCUT2D eigenvalue weighted by Crippen LogP contribution is -2.43. The molecular formula is C29H36FN3O4. The van der Waals surface area contributed by atoms with Gasteiger partial charge in [-0.2, -0.15) is 0 Å². The standard InChI is InChI=1S/C29H36FN3O4/c1-29(2,3)21-8-12-24(13-9-21)33-25(18-32(28(33)37)23-14-10-22(30)11-15-23)19-4-6-20(7-5-19)27(36)31-17-16-26(34)35/h4-7,10-11,14-15,21,24-25H,8-9,12-13,16-18H2,1-3H3,(H,31,36)(H,34,35). The number of carboxylic acids is 1. The molecule has 1 atom stereocenters. The molecule has 37 heavy (non-hydrogen) atoms. The quantitative estimate of drug-likeness (QED) is 0.507. The van der Waals surface area contributed by atoms with Gasteiger partial charge in [-0.3, -0.25) is 14.5 Å². The zero-order valence-electron chi connectivity index (χ0n) is 21.7. The number of nitrogens with one attached hydrogen (secondary N) is 1. The highest BCUT2D eigenvalue weighted by Crippen LogP contribution is 2.43. The predicted molar refractivity (Wildman–Crippen MR) is 140 cm³/mol. The van der Waals surface area contributed by atoms with Crippen LogP contribution in [0, 0.1) is 17.2 Å². The Morgan fingerprint density at radius 3 is 2.19 bits per heavy atom. The van der Waals surface area contributed by atoms with Gasteiger partial charge in [0.05, 0.1) is 19.0 Å². The van der Waals surface area contributed by atoms with Crippen molar-refractivity contribution in [2.75, 3.05) is 18.0 Å². The Labute approximate surface area is 217 Å². The maximum atomic E-state index is 13.7. The lowest BCUT2D eigenvalue weighted by molar-refractivity contribution is -0.136. The van der Waals surface area contributed by atoms with Gasteiger partial charge >= 0.3 is 12.0 Å². The summed E-state index contributed by atoms with van der Waals surface area (Å²) in [6, 6.07) is 13.0. The molecular weight excluding hydrogens is 473 g/mol. The SMILES string of the molecule is CC(C)(C)C1CCC(N2C(=O)N(c3ccc(F)cc3)CC2c2ccc(C(=O)NCCC(=O)O)cc2)CC1. The number of benzene rings is 2. The second kappa shape index (κ2) is 10.9. The van der Waals surface area contributed by atoms with Gasteiger partial charge in [-0.15, -0.1) is 0 Å². The Morgan fingerprint density at radius 1 is 1.00 bits per heavy atom. The molecule has 1 unspecified atom stereocenters. The van der Waals surface area contributed by atoms with Crippen LogP contribution in [0.25, 0.3) is 0 Å². The molecule has 2 fully saturated rings. The maximum Gasteiger partial charge on any atom is 0.325 e. The Balaban J connectivity index is 1.55. The van der Waals surface area contributed by atoms with E-state index in [0.717, 1.165) is 31.2 Å². The molecule has 8 heteroatoms. The number of hydrogen-bond donors (Lipinski definition) is 2. The molecule has 1 saturated carbocycles. The monoisotopic (exact) mass is 509 g/mol. The highest BCUT2D eigenvalue weighted by atomic mass is 19.1. The number of carbonyl (C=O) groups is 3. The summed E-state index contributed by atoms with van der Waals surface area (Å²) < 4.78 is 13.6. The summed E-state index contributed by atoms with van der Waals surface area (Å²) in [5, 5.41) is 11.4. The van der Waals surface area contributed by atoms with Crippen molar-refractivity contribution in [1.82, 2.24) is 10.2 Å². The van der Waals surface area contributed by atoms with Crippen LogP contribution in [0.3, 0.4) is 0 Å². The first-order valence-electron chi connectivity index (χ1n) is 13.0. The summed E-state index contributed by atoms with van der Waals surface area (Å²) in [6.45, 7) is 7.32. The van der Waals surface area contributed by atoms with Crippen LogP contribution in [0.4, 0.5) is 14.9 Å². The second-order valence-corrected chi connectivity index (χ2v) is 11.2. The average molecular weight is 510 g/mol. The van der Waals surface area contributed by atoms with Crippen LogP contribution in [-0.2, 0) is 4.79 Å². The van der Waals surface area contributed by atoms with Gasteiger partial charge in [-0.25, -0.2) is 9.18 Å². The third-order valence-corrected chi connectivity index (χ3v) is 7.78. The van der Waals surface area contributed by atoms with Crippen molar-refractivity contribution >= 4 is 23.6 Å². The summed E-state index contributed by atoms with van der Waals surface area (Å²) in [4.78, 5) is 40.5. The highest BCUT2D eigenvalue weighted by molar-refractivity contribution is 5.96. The van der Waals surface area contributed by atoms with Crippen LogP contribution in [0.2, 0.25) is 0 Å². The molecule has 0 spiro atoms. The van der Waals surface area contributed by atoms with Crippen molar-refractivity contribution in [3.63, 3.8) is 0 Å². The van der Waals surface area contributed by atoms with E-state index in [-0.39, 0.29) is 48.2 Å². The number of aliphatic carboxylic acids is 1. The Bertz CT molecular complexity index is 1120. The normalized spacial score (nSPS) is 22.3. The summed E-state index contributed by atoms with van der Waals surface area (Å²) in [5.74, 6) is -1.03. The lowest BCUT2D eigenvalue weighted by Gasteiger charge is -2.41. The zero-order chi connectivity index (χ0) is 26.7. The first-order valence-corrected chi connectivity index (χ1v) is 13.0. The molecule has 7 nitrogen and oxygen atoms in total. The molecule has 2 N–H and O–H groups in total. The minimum Gasteiger partial charge on any atom is -0.481 e. The lowest BCUT2D eigenvalue weighted by atomic mass is 9.71. The van der Waals surface area contributed by atoms with E-state index in [0.29, 0.717) is 23.7 Å². The molecule has 2 aromatic carbocycles. The highest BCUT2D eigenvalue weighted by Gasteiger charge is 2.44. The van der Waals surface area contributed by atoms with Gasteiger partial charge in [0.15, 0.2) is 0 Å². The molecule has 0 bridgehead atoms.